The average Bonchev–Trinajstić information content (AvgIpc) is 2.23. The molecule has 0 unspecified atom stereocenters. The zero-order valence-electron chi connectivity index (χ0n) is 10.2. The summed E-state index contributed by atoms with van der Waals surface area (Å²) in [6.45, 7) is 14.6. The molecule has 0 saturated heterocycles. The van der Waals surface area contributed by atoms with Gasteiger partial charge in [-0.1, -0.05) is 38.0 Å². The van der Waals surface area contributed by atoms with Crippen LogP contribution in [0.2, 0.25) is 0 Å². The highest BCUT2D eigenvalue weighted by Gasteiger charge is 2.05. The molecule has 0 heterocycles. The first-order chi connectivity index (χ1) is 6.91. The third-order valence-corrected chi connectivity index (χ3v) is 2.28. The van der Waals surface area contributed by atoms with E-state index in [1.54, 1.807) is 6.08 Å². The Morgan fingerprint density at radius 1 is 1.07 bits per heavy atom. The Hall–Kier alpha value is -1.34. The minimum absolute atomic E-state index is 0.856. The first kappa shape index (κ1) is 13.7. The lowest BCUT2D eigenvalue weighted by molar-refractivity contribution is -0.836. The van der Waals surface area contributed by atoms with Crippen molar-refractivity contribution in [2.75, 3.05) is 20.6 Å². The van der Waals surface area contributed by atoms with Crippen LogP contribution < -0.4 is 0 Å². The lowest BCUT2D eigenvalue weighted by Crippen LogP contribution is -2.32. The van der Waals surface area contributed by atoms with Gasteiger partial charge < -0.3 is 4.48 Å². The molecule has 0 aromatic rings. The van der Waals surface area contributed by atoms with Crippen molar-refractivity contribution in [2.45, 2.75) is 6.92 Å². The van der Waals surface area contributed by atoms with Crippen molar-refractivity contribution in [3.63, 3.8) is 0 Å². The quantitative estimate of drug-likeness (QED) is 0.459. The molecular weight excluding hydrogens is 182 g/mol. The Kier molecular flexibility index (Phi) is 5.65. The van der Waals surface area contributed by atoms with Crippen LogP contribution in [0.25, 0.3) is 0 Å². The van der Waals surface area contributed by atoms with E-state index in [4.69, 9.17) is 0 Å². The van der Waals surface area contributed by atoms with Crippen molar-refractivity contribution in [1.29, 1.82) is 0 Å². The van der Waals surface area contributed by atoms with Gasteiger partial charge in [-0.15, -0.1) is 0 Å². The van der Waals surface area contributed by atoms with Crippen molar-refractivity contribution >= 4 is 0 Å². The maximum atomic E-state index is 3.94. The molecular formula is C14H22N+. The van der Waals surface area contributed by atoms with E-state index in [0.717, 1.165) is 22.2 Å². The number of nitrogens with zero attached hydrogens (tertiary/aromatic N) is 1. The van der Waals surface area contributed by atoms with E-state index in [-0.39, 0.29) is 0 Å². The molecule has 0 aliphatic rings. The summed E-state index contributed by atoms with van der Waals surface area (Å²) in [5.41, 5.74) is 1.87. The predicted octanol–water partition coefficient (Wildman–Crippen LogP) is 3.45. The smallest absolute Gasteiger partial charge is 0.0960 e. The first-order valence-corrected chi connectivity index (χ1v) is 5.11. The van der Waals surface area contributed by atoms with Gasteiger partial charge in [0.2, 0.25) is 0 Å². The van der Waals surface area contributed by atoms with Crippen molar-refractivity contribution in [2.24, 2.45) is 0 Å². The molecule has 82 valence electrons. The first-order valence-electron chi connectivity index (χ1n) is 5.11. The van der Waals surface area contributed by atoms with Crippen LogP contribution >= 0.6 is 0 Å². The van der Waals surface area contributed by atoms with Crippen LogP contribution in [0.15, 0.2) is 61.4 Å². The van der Waals surface area contributed by atoms with Crippen LogP contribution in [0.3, 0.4) is 0 Å². The Bertz CT molecular complexity index is 303. The topological polar surface area (TPSA) is 0 Å². The Balaban J connectivity index is 4.33. The van der Waals surface area contributed by atoms with E-state index >= 15 is 0 Å². The second-order valence-electron chi connectivity index (χ2n) is 4.10. The maximum absolute atomic E-state index is 3.94. The van der Waals surface area contributed by atoms with E-state index < -0.39 is 0 Å². The van der Waals surface area contributed by atoms with Crippen LogP contribution in [-0.4, -0.2) is 25.1 Å². The highest BCUT2D eigenvalue weighted by atomic mass is 15.3. The summed E-state index contributed by atoms with van der Waals surface area (Å²) < 4.78 is 0.856. The van der Waals surface area contributed by atoms with E-state index in [9.17, 15) is 0 Å². The average molecular weight is 204 g/mol. The fraction of sp³-hybridized carbons (Fsp3) is 0.286. The lowest BCUT2D eigenvalue weighted by atomic mass is 10.2. The molecule has 0 aliphatic carbocycles. The molecule has 1 heteroatoms. The summed E-state index contributed by atoms with van der Waals surface area (Å²) >= 11 is 0. The van der Waals surface area contributed by atoms with Crippen molar-refractivity contribution in [1.82, 2.24) is 0 Å². The number of hydrogen-bond acceptors (Lipinski definition) is 0. The summed E-state index contributed by atoms with van der Waals surface area (Å²) in [5.74, 6) is 0. The second-order valence-corrected chi connectivity index (χ2v) is 4.10. The van der Waals surface area contributed by atoms with Crippen LogP contribution in [0.5, 0.6) is 0 Å². The molecule has 1 nitrogen and oxygen atoms in total. The Labute approximate surface area is 94.0 Å². The lowest BCUT2D eigenvalue weighted by Gasteiger charge is -2.22. The summed E-state index contributed by atoms with van der Waals surface area (Å²) in [5, 5.41) is 0. The highest BCUT2D eigenvalue weighted by Crippen LogP contribution is 2.04. The molecule has 0 saturated carbocycles. The third-order valence-electron chi connectivity index (χ3n) is 2.28. The SMILES string of the molecule is C=CC(=C)/C=C\C(=C)/C=C\[N+](C)(C)CC. The van der Waals surface area contributed by atoms with Gasteiger partial charge in [0.1, 0.15) is 0 Å². The van der Waals surface area contributed by atoms with E-state index in [2.05, 4.69) is 47.0 Å². The number of hydrogen-bond donors (Lipinski definition) is 0. The summed E-state index contributed by atoms with van der Waals surface area (Å²) in [4.78, 5) is 0. The number of rotatable bonds is 6. The van der Waals surface area contributed by atoms with Gasteiger partial charge in [-0.25, -0.2) is 0 Å². The minimum atomic E-state index is 0.856. The normalized spacial score (nSPS) is 12.2. The zero-order valence-corrected chi connectivity index (χ0v) is 10.2. The molecule has 0 rings (SSSR count). The third kappa shape index (κ3) is 6.69. The fourth-order valence-electron chi connectivity index (χ4n) is 0.741. The highest BCUT2D eigenvalue weighted by molar-refractivity contribution is 5.34. The Morgan fingerprint density at radius 3 is 2.07 bits per heavy atom. The summed E-state index contributed by atoms with van der Waals surface area (Å²) in [6, 6.07) is 0. The minimum Gasteiger partial charge on any atom is -0.302 e. The van der Waals surface area contributed by atoms with Crippen LogP contribution in [0.1, 0.15) is 6.92 Å². The monoisotopic (exact) mass is 204 g/mol. The molecule has 0 bridgehead atoms. The largest absolute Gasteiger partial charge is 0.302 e. The number of quaternary nitrogens is 1. The van der Waals surface area contributed by atoms with Gasteiger partial charge in [0, 0.05) is 0 Å². The Morgan fingerprint density at radius 2 is 1.60 bits per heavy atom. The molecule has 0 spiro atoms. The molecule has 0 amide bonds. The standard InChI is InChI=1S/C14H22N/c1-7-13(3)9-10-14(4)11-12-15(5,6)8-2/h7,9-12H,1,3-4,8H2,2,5-6H3/q+1/b10-9-,12-11-. The predicted molar refractivity (Wildman–Crippen MR) is 69.4 cm³/mol. The van der Waals surface area contributed by atoms with E-state index in [1.807, 2.05) is 18.2 Å². The summed E-state index contributed by atoms with van der Waals surface area (Å²) in [6.07, 6.45) is 9.72. The second kappa shape index (κ2) is 6.20. The maximum Gasteiger partial charge on any atom is 0.0960 e. The van der Waals surface area contributed by atoms with Gasteiger partial charge in [-0.3, -0.25) is 0 Å². The fourth-order valence-corrected chi connectivity index (χ4v) is 0.741. The van der Waals surface area contributed by atoms with Gasteiger partial charge in [0.25, 0.3) is 0 Å². The molecule has 0 radical (unpaired) electrons. The van der Waals surface area contributed by atoms with Crippen molar-refractivity contribution < 1.29 is 4.48 Å². The van der Waals surface area contributed by atoms with E-state index in [1.165, 1.54) is 0 Å². The summed E-state index contributed by atoms with van der Waals surface area (Å²) in [7, 11) is 4.30. The van der Waals surface area contributed by atoms with Crippen molar-refractivity contribution in [3.8, 4) is 0 Å². The van der Waals surface area contributed by atoms with E-state index in [0.29, 0.717) is 0 Å². The number of allylic oxidation sites excluding steroid dienone is 6. The van der Waals surface area contributed by atoms with Crippen LogP contribution in [0.4, 0.5) is 0 Å². The molecule has 15 heavy (non-hydrogen) atoms. The van der Waals surface area contributed by atoms with Gasteiger partial charge in [0.05, 0.1) is 26.8 Å². The van der Waals surface area contributed by atoms with Crippen LogP contribution in [-0.2, 0) is 0 Å². The van der Waals surface area contributed by atoms with Crippen LogP contribution in [0, 0.1) is 0 Å². The van der Waals surface area contributed by atoms with Crippen molar-refractivity contribution in [3.05, 3.63) is 61.4 Å². The zero-order chi connectivity index (χ0) is 11.9. The molecule has 0 fully saturated rings. The van der Waals surface area contributed by atoms with Gasteiger partial charge in [-0.05, 0) is 24.1 Å². The van der Waals surface area contributed by atoms with Gasteiger partial charge in [0.15, 0.2) is 0 Å². The molecule has 0 aromatic heterocycles. The molecule has 0 atom stereocenters. The molecule has 0 N–H and O–H groups in total. The van der Waals surface area contributed by atoms with Gasteiger partial charge >= 0.3 is 0 Å². The van der Waals surface area contributed by atoms with Gasteiger partial charge in [-0.2, -0.15) is 0 Å². The molecule has 0 aromatic carbocycles. The molecule has 0 aliphatic heterocycles.